The lowest BCUT2D eigenvalue weighted by molar-refractivity contribution is 0.414. The van der Waals surface area contributed by atoms with Crippen LogP contribution in [0.2, 0.25) is 0 Å². The fourth-order valence-corrected chi connectivity index (χ4v) is 1.48. The summed E-state index contributed by atoms with van der Waals surface area (Å²) < 4.78 is 5.15. The zero-order chi connectivity index (χ0) is 11.8. The molecule has 0 aliphatic rings. The van der Waals surface area contributed by atoms with Gasteiger partial charge in [0.05, 0.1) is 7.11 Å². The highest BCUT2D eigenvalue weighted by atomic mass is 35.5. The normalized spacial score (nSPS) is 11.6. The Kier molecular flexibility index (Phi) is 6.31. The van der Waals surface area contributed by atoms with Crippen molar-refractivity contribution in [3.8, 4) is 5.75 Å². The first-order valence-corrected chi connectivity index (χ1v) is 5.86. The van der Waals surface area contributed by atoms with Crippen LogP contribution in [-0.2, 0) is 6.42 Å². The van der Waals surface area contributed by atoms with Crippen LogP contribution in [0.5, 0.6) is 5.75 Å². The number of halogens is 2. The van der Waals surface area contributed by atoms with E-state index < -0.39 is 0 Å². The lowest BCUT2D eigenvalue weighted by atomic mass is 10.1. The van der Waals surface area contributed by atoms with E-state index in [0.717, 1.165) is 18.7 Å². The summed E-state index contributed by atoms with van der Waals surface area (Å²) in [4.78, 5) is 0. The average molecular weight is 260 g/mol. The van der Waals surface area contributed by atoms with E-state index in [1.54, 1.807) is 7.11 Å². The van der Waals surface area contributed by atoms with Gasteiger partial charge in [0, 0.05) is 17.1 Å². The van der Waals surface area contributed by atoms with Crippen LogP contribution >= 0.6 is 23.2 Å². The Morgan fingerprint density at radius 3 is 3.00 bits per heavy atom. The second-order valence-corrected chi connectivity index (χ2v) is 4.04. The molecule has 0 unspecified atom stereocenters. The third kappa shape index (κ3) is 4.88. The summed E-state index contributed by atoms with van der Waals surface area (Å²) in [5, 5.41) is 3.81. The molecular formula is C12H15Cl2NO. The third-order valence-electron chi connectivity index (χ3n) is 2.14. The van der Waals surface area contributed by atoms with Gasteiger partial charge in [-0.25, -0.2) is 0 Å². The van der Waals surface area contributed by atoms with Crippen LogP contribution < -0.4 is 10.1 Å². The Labute approximate surface area is 106 Å². The van der Waals surface area contributed by atoms with Crippen LogP contribution in [0, 0.1) is 0 Å². The minimum absolute atomic E-state index is 0.606. The van der Waals surface area contributed by atoms with E-state index in [4.69, 9.17) is 27.9 Å². The number of nitrogens with one attached hydrogen (secondary N) is 1. The molecule has 1 rings (SSSR count). The summed E-state index contributed by atoms with van der Waals surface area (Å²) >= 11 is 11.2. The first-order chi connectivity index (χ1) is 7.76. The van der Waals surface area contributed by atoms with E-state index in [2.05, 4.69) is 11.4 Å². The minimum Gasteiger partial charge on any atom is -0.497 e. The van der Waals surface area contributed by atoms with E-state index in [-0.39, 0.29) is 0 Å². The van der Waals surface area contributed by atoms with Gasteiger partial charge in [0.1, 0.15) is 5.75 Å². The van der Waals surface area contributed by atoms with Crippen LogP contribution in [0.15, 0.2) is 34.8 Å². The van der Waals surface area contributed by atoms with Crippen molar-refractivity contribution in [1.29, 1.82) is 0 Å². The first kappa shape index (κ1) is 13.4. The number of ether oxygens (including phenoxy) is 1. The number of methoxy groups -OCH3 is 1. The minimum atomic E-state index is 0.606. The van der Waals surface area contributed by atoms with Gasteiger partial charge >= 0.3 is 0 Å². The summed E-state index contributed by atoms with van der Waals surface area (Å²) in [7, 11) is 1.67. The molecule has 0 saturated heterocycles. The van der Waals surface area contributed by atoms with Crippen LogP contribution in [0.1, 0.15) is 5.56 Å². The number of rotatable bonds is 6. The maximum atomic E-state index is 5.74. The van der Waals surface area contributed by atoms with Gasteiger partial charge in [-0.2, -0.15) is 0 Å². The lowest BCUT2D eigenvalue weighted by Crippen LogP contribution is -2.18. The van der Waals surface area contributed by atoms with Gasteiger partial charge in [0.2, 0.25) is 0 Å². The van der Waals surface area contributed by atoms with Gasteiger partial charge in [-0.05, 0) is 30.7 Å². The van der Waals surface area contributed by atoms with Gasteiger partial charge in [0.15, 0.2) is 0 Å². The van der Waals surface area contributed by atoms with Crippen molar-refractivity contribution in [2.75, 3.05) is 20.2 Å². The Balaban J connectivity index is 2.31. The molecule has 0 aliphatic heterocycles. The number of benzene rings is 1. The monoisotopic (exact) mass is 259 g/mol. The van der Waals surface area contributed by atoms with Crippen molar-refractivity contribution < 1.29 is 4.74 Å². The molecule has 16 heavy (non-hydrogen) atoms. The Bertz CT molecular complexity index is 353. The van der Waals surface area contributed by atoms with E-state index in [9.17, 15) is 0 Å². The predicted octanol–water partition coefficient (Wildman–Crippen LogP) is 3.15. The second-order valence-electron chi connectivity index (χ2n) is 3.33. The first-order valence-electron chi connectivity index (χ1n) is 5.04. The molecule has 0 radical (unpaired) electrons. The molecule has 0 heterocycles. The Morgan fingerprint density at radius 2 is 2.31 bits per heavy atom. The molecular weight excluding hydrogens is 245 g/mol. The molecule has 88 valence electrons. The summed E-state index contributed by atoms with van der Waals surface area (Å²) in [6.07, 6.45) is 0.934. The summed E-state index contributed by atoms with van der Waals surface area (Å²) in [6, 6.07) is 8.02. The topological polar surface area (TPSA) is 21.3 Å². The maximum Gasteiger partial charge on any atom is 0.119 e. The van der Waals surface area contributed by atoms with Crippen molar-refractivity contribution in [2.24, 2.45) is 0 Å². The molecule has 0 amide bonds. The standard InChI is InChI=1S/C12H15Cl2NO/c1-16-12-4-2-3-10(7-12)5-6-15-9-11(14)8-13/h2-4,7-8,15H,5-6,9H2,1H3/b11-8-. The highest BCUT2D eigenvalue weighted by molar-refractivity contribution is 6.36. The molecule has 0 fully saturated rings. The highest BCUT2D eigenvalue weighted by Gasteiger charge is 1.96. The van der Waals surface area contributed by atoms with E-state index in [1.165, 1.54) is 11.1 Å². The molecule has 0 spiro atoms. The van der Waals surface area contributed by atoms with Crippen molar-refractivity contribution in [3.05, 3.63) is 40.4 Å². The van der Waals surface area contributed by atoms with Crippen LogP contribution in [0.25, 0.3) is 0 Å². The Morgan fingerprint density at radius 1 is 1.50 bits per heavy atom. The summed E-state index contributed by atoms with van der Waals surface area (Å²) in [6.45, 7) is 1.46. The van der Waals surface area contributed by atoms with Gasteiger partial charge in [-0.3, -0.25) is 0 Å². The van der Waals surface area contributed by atoms with Crippen LogP contribution in [0.4, 0.5) is 0 Å². The van der Waals surface area contributed by atoms with Crippen molar-refractivity contribution in [1.82, 2.24) is 5.32 Å². The predicted molar refractivity (Wildman–Crippen MR) is 69.4 cm³/mol. The fourth-order valence-electron chi connectivity index (χ4n) is 1.31. The zero-order valence-corrected chi connectivity index (χ0v) is 10.7. The zero-order valence-electron chi connectivity index (χ0n) is 9.17. The smallest absolute Gasteiger partial charge is 0.119 e. The SMILES string of the molecule is COc1cccc(CCNC/C(Cl)=C/Cl)c1. The highest BCUT2D eigenvalue weighted by Crippen LogP contribution is 2.12. The fraction of sp³-hybridized carbons (Fsp3) is 0.333. The molecule has 0 atom stereocenters. The van der Waals surface area contributed by atoms with Crippen molar-refractivity contribution in [3.63, 3.8) is 0 Å². The van der Waals surface area contributed by atoms with Gasteiger partial charge < -0.3 is 10.1 Å². The van der Waals surface area contributed by atoms with Gasteiger partial charge in [-0.1, -0.05) is 35.3 Å². The van der Waals surface area contributed by atoms with E-state index >= 15 is 0 Å². The lowest BCUT2D eigenvalue weighted by Gasteiger charge is -2.05. The molecule has 0 aliphatic carbocycles. The van der Waals surface area contributed by atoms with Crippen LogP contribution in [-0.4, -0.2) is 20.2 Å². The van der Waals surface area contributed by atoms with Crippen LogP contribution in [0.3, 0.4) is 0 Å². The Hall–Kier alpha value is -0.700. The molecule has 1 N–H and O–H groups in total. The molecule has 4 heteroatoms. The van der Waals surface area contributed by atoms with Crippen molar-refractivity contribution in [2.45, 2.75) is 6.42 Å². The molecule has 1 aromatic carbocycles. The summed E-state index contributed by atoms with van der Waals surface area (Å²) in [5.41, 5.74) is 2.61. The van der Waals surface area contributed by atoms with Gasteiger partial charge in [-0.15, -0.1) is 0 Å². The quantitative estimate of drug-likeness (QED) is 0.793. The number of hydrogen-bond acceptors (Lipinski definition) is 2. The average Bonchev–Trinajstić information content (AvgIpc) is 2.34. The van der Waals surface area contributed by atoms with Gasteiger partial charge in [0.25, 0.3) is 0 Å². The molecule has 0 saturated carbocycles. The number of hydrogen-bond donors (Lipinski definition) is 1. The molecule has 1 aromatic rings. The maximum absolute atomic E-state index is 5.74. The molecule has 0 bridgehead atoms. The van der Waals surface area contributed by atoms with Crippen molar-refractivity contribution >= 4 is 23.2 Å². The molecule has 0 aromatic heterocycles. The summed E-state index contributed by atoms with van der Waals surface area (Å²) in [5.74, 6) is 0.885. The third-order valence-corrected chi connectivity index (χ3v) is 2.75. The van der Waals surface area contributed by atoms with E-state index in [0.29, 0.717) is 11.6 Å². The molecule has 2 nitrogen and oxygen atoms in total. The second kappa shape index (κ2) is 7.55. The van der Waals surface area contributed by atoms with E-state index in [1.807, 2.05) is 18.2 Å². The largest absolute Gasteiger partial charge is 0.497 e.